The molecular formula is C12H27NOS. The Morgan fingerprint density at radius 1 is 1.07 bits per heavy atom. The van der Waals surface area contributed by atoms with Crippen LogP contribution in [0.25, 0.3) is 0 Å². The highest BCUT2D eigenvalue weighted by Gasteiger charge is 2.08. The van der Waals surface area contributed by atoms with Gasteiger partial charge in [0.05, 0.1) is 0 Å². The lowest BCUT2D eigenvalue weighted by atomic mass is 10.0. The van der Waals surface area contributed by atoms with Crippen molar-refractivity contribution in [2.75, 3.05) is 12.0 Å². The van der Waals surface area contributed by atoms with Crippen LogP contribution in [0, 0.1) is 5.92 Å². The molecule has 15 heavy (non-hydrogen) atoms. The lowest BCUT2D eigenvalue weighted by molar-refractivity contribution is 0.431. The predicted molar refractivity (Wildman–Crippen MR) is 69.7 cm³/mol. The summed E-state index contributed by atoms with van der Waals surface area (Å²) in [5.41, 5.74) is 0. The molecule has 3 atom stereocenters. The van der Waals surface area contributed by atoms with Crippen molar-refractivity contribution in [2.24, 2.45) is 5.92 Å². The fourth-order valence-corrected chi connectivity index (χ4v) is 2.60. The number of hydrogen-bond acceptors (Lipinski definition) is 2. The van der Waals surface area contributed by atoms with Crippen molar-refractivity contribution in [3.8, 4) is 0 Å². The van der Waals surface area contributed by atoms with Gasteiger partial charge in [-0.1, -0.05) is 26.7 Å². The zero-order valence-electron chi connectivity index (χ0n) is 10.9. The van der Waals surface area contributed by atoms with Crippen LogP contribution in [0.1, 0.15) is 47.0 Å². The minimum atomic E-state index is -0.688. The van der Waals surface area contributed by atoms with E-state index in [1.54, 1.807) is 6.26 Å². The number of rotatable bonds is 8. The molecule has 0 aromatic heterocycles. The standard InChI is InChI=1S/C12H27NOS/c1-10(2)7-6-8-11(3)13-12(4)9-15(5)14/h10-13H,6-9H2,1-5H3. The molecule has 0 aliphatic carbocycles. The van der Waals surface area contributed by atoms with Crippen LogP contribution in [-0.4, -0.2) is 28.3 Å². The van der Waals surface area contributed by atoms with Crippen LogP contribution in [0.4, 0.5) is 0 Å². The SMILES string of the molecule is CC(C)CCCC(C)NC(C)CS(C)=O. The van der Waals surface area contributed by atoms with E-state index in [2.05, 4.69) is 33.0 Å². The highest BCUT2D eigenvalue weighted by atomic mass is 32.2. The Morgan fingerprint density at radius 3 is 2.13 bits per heavy atom. The average Bonchev–Trinajstić information content (AvgIpc) is 2.00. The summed E-state index contributed by atoms with van der Waals surface area (Å²) in [7, 11) is -0.688. The van der Waals surface area contributed by atoms with E-state index in [1.165, 1.54) is 19.3 Å². The van der Waals surface area contributed by atoms with E-state index in [-0.39, 0.29) is 0 Å². The first-order chi connectivity index (χ1) is 6.91. The van der Waals surface area contributed by atoms with Gasteiger partial charge in [0.2, 0.25) is 0 Å². The van der Waals surface area contributed by atoms with E-state index in [4.69, 9.17) is 0 Å². The molecule has 0 saturated carbocycles. The summed E-state index contributed by atoms with van der Waals surface area (Å²) in [6.07, 6.45) is 5.58. The van der Waals surface area contributed by atoms with Crippen molar-refractivity contribution in [2.45, 2.75) is 59.0 Å². The average molecular weight is 233 g/mol. The van der Waals surface area contributed by atoms with Crippen molar-refractivity contribution < 1.29 is 4.21 Å². The fraction of sp³-hybridized carbons (Fsp3) is 1.00. The zero-order valence-corrected chi connectivity index (χ0v) is 11.7. The molecule has 2 nitrogen and oxygen atoms in total. The number of hydrogen-bond donors (Lipinski definition) is 1. The van der Waals surface area contributed by atoms with Gasteiger partial charge >= 0.3 is 0 Å². The normalized spacial score (nSPS) is 17.7. The second kappa shape index (κ2) is 8.28. The lowest BCUT2D eigenvalue weighted by Gasteiger charge is -2.19. The quantitative estimate of drug-likeness (QED) is 0.698. The minimum absolute atomic E-state index is 0.366. The van der Waals surface area contributed by atoms with Crippen molar-refractivity contribution in [3.63, 3.8) is 0 Å². The van der Waals surface area contributed by atoms with Gasteiger partial charge < -0.3 is 5.32 Å². The molecular weight excluding hydrogens is 206 g/mol. The highest BCUT2D eigenvalue weighted by Crippen LogP contribution is 2.08. The van der Waals surface area contributed by atoms with E-state index >= 15 is 0 Å². The molecule has 3 heteroatoms. The topological polar surface area (TPSA) is 29.1 Å². The zero-order chi connectivity index (χ0) is 11.8. The lowest BCUT2D eigenvalue weighted by Crippen LogP contribution is -2.37. The Balaban J connectivity index is 3.55. The van der Waals surface area contributed by atoms with Gasteiger partial charge in [0.15, 0.2) is 0 Å². The first kappa shape index (κ1) is 15.1. The molecule has 0 spiro atoms. The van der Waals surface area contributed by atoms with E-state index in [0.717, 1.165) is 11.7 Å². The molecule has 0 fully saturated rings. The first-order valence-electron chi connectivity index (χ1n) is 5.98. The van der Waals surface area contributed by atoms with Gasteiger partial charge in [0.1, 0.15) is 0 Å². The molecule has 0 aromatic rings. The predicted octanol–water partition coefficient (Wildman–Crippen LogP) is 2.56. The van der Waals surface area contributed by atoms with Gasteiger partial charge in [-0.25, -0.2) is 0 Å². The third-order valence-corrected chi connectivity index (χ3v) is 3.44. The van der Waals surface area contributed by atoms with Crippen LogP contribution < -0.4 is 5.32 Å². The third kappa shape index (κ3) is 10.4. The van der Waals surface area contributed by atoms with Crippen LogP contribution in [0.2, 0.25) is 0 Å². The number of nitrogens with one attached hydrogen (secondary N) is 1. The third-order valence-electron chi connectivity index (χ3n) is 2.47. The molecule has 0 aliphatic rings. The maximum Gasteiger partial charge on any atom is 0.0383 e. The Morgan fingerprint density at radius 2 is 1.67 bits per heavy atom. The summed E-state index contributed by atoms with van der Waals surface area (Å²) in [6.45, 7) is 8.86. The summed E-state index contributed by atoms with van der Waals surface area (Å²) >= 11 is 0. The van der Waals surface area contributed by atoms with Gasteiger partial charge in [0, 0.05) is 34.9 Å². The maximum atomic E-state index is 11.0. The molecule has 0 aliphatic heterocycles. The van der Waals surface area contributed by atoms with Crippen molar-refractivity contribution in [3.05, 3.63) is 0 Å². The van der Waals surface area contributed by atoms with Gasteiger partial charge in [-0.3, -0.25) is 4.21 Å². The fourth-order valence-electron chi connectivity index (χ4n) is 1.80. The molecule has 0 amide bonds. The van der Waals surface area contributed by atoms with E-state index in [1.807, 2.05) is 0 Å². The smallest absolute Gasteiger partial charge is 0.0383 e. The van der Waals surface area contributed by atoms with E-state index in [9.17, 15) is 4.21 Å². The van der Waals surface area contributed by atoms with Crippen LogP contribution in [0.3, 0.4) is 0 Å². The maximum absolute atomic E-state index is 11.0. The van der Waals surface area contributed by atoms with Crippen LogP contribution in [0.15, 0.2) is 0 Å². The van der Waals surface area contributed by atoms with Gasteiger partial charge in [0.25, 0.3) is 0 Å². The molecule has 0 bridgehead atoms. The van der Waals surface area contributed by atoms with Crippen molar-refractivity contribution in [1.29, 1.82) is 0 Å². The Bertz CT molecular complexity index is 182. The second-order valence-corrected chi connectivity index (χ2v) is 6.51. The molecule has 3 unspecified atom stereocenters. The summed E-state index contributed by atoms with van der Waals surface area (Å²) in [4.78, 5) is 0. The van der Waals surface area contributed by atoms with Crippen molar-refractivity contribution in [1.82, 2.24) is 5.32 Å². The largest absolute Gasteiger partial charge is 0.311 e. The molecule has 0 aromatic carbocycles. The second-order valence-electron chi connectivity index (χ2n) is 5.03. The van der Waals surface area contributed by atoms with Gasteiger partial charge in [-0.05, 0) is 26.2 Å². The summed E-state index contributed by atoms with van der Waals surface area (Å²) in [6, 6.07) is 0.909. The van der Waals surface area contributed by atoms with Crippen LogP contribution in [0.5, 0.6) is 0 Å². The van der Waals surface area contributed by atoms with Gasteiger partial charge in [-0.15, -0.1) is 0 Å². The Hall–Kier alpha value is 0.110. The van der Waals surface area contributed by atoms with Crippen LogP contribution in [-0.2, 0) is 10.8 Å². The molecule has 1 N–H and O–H groups in total. The van der Waals surface area contributed by atoms with Crippen LogP contribution >= 0.6 is 0 Å². The van der Waals surface area contributed by atoms with Crippen molar-refractivity contribution >= 4 is 10.8 Å². The summed E-state index contributed by atoms with van der Waals surface area (Å²) < 4.78 is 11.0. The van der Waals surface area contributed by atoms with E-state index < -0.39 is 10.8 Å². The molecule has 0 radical (unpaired) electrons. The molecule has 0 rings (SSSR count). The Labute approximate surface area is 97.7 Å². The summed E-state index contributed by atoms with van der Waals surface area (Å²) in [5, 5.41) is 3.49. The molecule has 92 valence electrons. The van der Waals surface area contributed by atoms with Gasteiger partial charge in [-0.2, -0.15) is 0 Å². The summed E-state index contributed by atoms with van der Waals surface area (Å²) in [5.74, 6) is 1.56. The van der Waals surface area contributed by atoms with E-state index in [0.29, 0.717) is 12.1 Å². The minimum Gasteiger partial charge on any atom is -0.311 e. The first-order valence-corrected chi connectivity index (χ1v) is 7.70. The Kier molecular flexibility index (Phi) is 8.34. The monoisotopic (exact) mass is 233 g/mol. The molecule has 0 heterocycles. The highest BCUT2D eigenvalue weighted by molar-refractivity contribution is 7.84. The molecule has 0 saturated heterocycles.